The lowest BCUT2D eigenvalue weighted by Gasteiger charge is -2.19. The Morgan fingerprint density at radius 1 is 1.54 bits per heavy atom. The highest BCUT2D eigenvalue weighted by atomic mass is 32.2. The lowest BCUT2D eigenvalue weighted by atomic mass is 10.1. The van der Waals surface area contributed by atoms with Crippen LogP contribution in [0.25, 0.3) is 0 Å². The Balaban J connectivity index is 2.44. The Bertz CT molecular complexity index is 253. The molecule has 72 valence electrons. The summed E-state index contributed by atoms with van der Waals surface area (Å²) in [4.78, 5) is 8.03. The van der Waals surface area contributed by atoms with Crippen molar-refractivity contribution in [2.45, 2.75) is 17.7 Å². The van der Waals surface area contributed by atoms with Gasteiger partial charge in [0.1, 0.15) is 0 Å². The van der Waals surface area contributed by atoms with E-state index >= 15 is 0 Å². The number of aromatic nitrogens is 2. The molecule has 1 rings (SSSR count). The van der Waals surface area contributed by atoms with E-state index in [-0.39, 0.29) is 6.54 Å². The lowest BCUT2D eigenvalue weighted by Crippen LogP contribution is -2.36. The molecule has 0 bridgehead atoms. The van der Waals surface area contributed by atoms with E-state index in [0.29, 0.717) is 10.9 Å². The average molecular weight is 199 g/mol. The zero-order chi connectivity index (χ0) is 9.73. The summed E-state index contributed by atoms with van der Waals surface area (Å²) in [6.45, 7) is 1.94. The molecule has 0 aliphatic carbocycles. The molecule has 0 saturated carbocycles. The molecule has 0 aliphatic heterocycles. The average Bonchev–Trinajstić information content (AvgIpc) is 2.17. The highest BCUT2D eigenvalue weighted by Gasteiger charge is 2.18. The number of hydrogen-bond acceptors (Lipinski definition) is 5. The third kappa shape index (κ3) is 3.71. The van der Waals surface area contributed by atoms with Gasteiger partial charge in [-0.1, -0.05) is 11.8 Å². The van der Waals surface area contributed by atoms with Gasteiger partial charge in [-0.2, -0.15) is 0 Å². The molecule has 5 heteroatoms. The summed E-state index contributed by atoms with van der Waals surface area (Å²) in [6.07, 6.45) is 3.35. The minimum absolute atomic E-state index is 0.243. The van der Waals surface area contributed by atoms with Gasteiger partial charge in [0.05, 0.1) is 5.60 Å². The fourth-order valence-electron chi connectivity index (χ4n) is 0.639. The molecule has 0 spiro atoms. The largest absolute Gasteiger partial charge is 0.388 e. The number of rotatable bonds is 4. The first kappa shape index (κ1) is 10.4. The smallest absolute Gasteiger partial charge is 0.187 e. The van der Waals surface area contributed by atoms with Crippen molar-refractivity contribution in [2.24, 2.45) is 5.73 Å². The Morgan fingerprint density at radius 3 is 2.69 bits per heavy atom. The number of nitrogens with zero attached hydrogens (tertiary/aromatic N) is 2. The first-order chi connectivity index (χ1) is 6.14. The van der Waals surface area contributed by atoms with E-state index in [2.05, 4.69) is 9.97 Å². The van der Waals surface area contributed by atoms with E-state index in [0.717, 1.165) is 0 Å². The van der Waals surface area contributed by atoms with Crippen molar-refractivity contribution in [3.63, 3.8) is 0 Å². The Labute approximate surface area is 81.6 Å². The third-order valence-electron chi connectivity index (χ3n) is 1.49. The molecule has 13 heavy (non-hydrogen) atoms. The first-order valence-corrected chi connectivity index (χ1v) is 4.95. The molecule has 1 aromatic rings. The molecule has 1 aromatic heterocycles. The van der Waals surface area contributed by atoms with Gasteiger partial charge in [-0.15, -0.1) is 0 Å². The van der Waals surface area contributed by atoms with Crippen LogP contribution in [0, 0.1) is 0 Å². The molecule has 0 saturated heterocycles. The standard InChI is InChI=1S/C8H13N3OS/c1-8(12,5-9)6-13-7-10-3-2-4-11-7/h2-4,12H,5-6,9H2,1H3. The monoisotopic (exact) mass is 199 g/mol. The zero-order valence-electron chi connectivity index (χ0n) is 7.47. The van der Waals surface area contributed by atoms with Gasteiger partial charge in [0.15, 0.2) is 5.16 Å². The van der Waals surface area contributed by atoms with E-state index in [1.54, 1.807) is 25.4 Å². The summed E-state index contributed by atoms with van der Waals surface area (Å²) in [5.41, 5.74) is 4.52. The molecule has 0 aromatic carbocycles. The van der Waals surface area contributed by atoms with Crippen molar-refractivity contribution in [1.82, 2.24) is 9.97 Å². The molecule has 0 amide bonds. The predicted molar refractivity (Wildman–Crippen MR) is 52.4 cm³/mol. The van der Waals surface area contributed by atoms with Crippen molar-refractivity contribution in [2.75, 3.05) is 12.3 Å². The van der Waals surface area contributed by atoms with Gasteiger partial charge in [0.25, 0.3) is 0 Å². The second kappa shape index (κ2) is 4.55. The molecule has 3 N–H and O–H groups in total. The molecule has 1 heterocycles. The van der Waals surface area contributed by atoms with Crippen LogP contribution in [0.1, 0.15) is 6.92 Å². The van der Waals surface area contributed by atoms with Crippen LogP contribution < -0.4 is 5.73 Å². The fourth-order valence-corrected chi connectivity index (χ4v) is 1.47. The van der Waals surface area contributed by atoms with Crippen LogP contribution in [0.4, 0.5) is 0 Å². The summed E-state index contributed by atoms with van der Waals surface area (Å²) >= 11 is 1.40. The maximum atomic E-state index is 9.58. The van der Waals surface area contributed by atoms with Crippen molar-refractivity contribution < 1.29 is 5.11 Å². The van der Waals surface area contributed by atoms with Crippen molar-refractivity contribution in [1.29, 1.82) is 0 Å². The second-order valence-corrected chi connectivity index (χ2v) is 3.96. The summed E-state index contributed by atoms with van der Waals surface area (Å²) in [5, 5.41) is 10.2. The van der Waals surface area contributed by atoms with Crippen LogP contribution in [-0.2, 0) is 0 Å². The lowest BCUT2D eigenvalue weighted by molar-refractivity contribution is 0.0949. The van der Waals surface area contributed by atoms with Crippen LogP contribution in [0.15, 0.2) is 23.6 Å². The Morgan fingerprint density at radius 2 is 2.15 bits per heavy atom. The van der Waals surface area contributed by atoms with E-state index < -0.39 is 5.60 Å². The van der Waals surface area contributed by atoms with Crippen molar-refractivity contribution in [3.8, 4) is 0 Å². The van der Waals surface area contributed by atoms with Gasteiger partial charge in [0, 0.05) is 24.7 Å². The Hall–Kier alpha value is -0.650. The first-order valence-electron chi connectivity index (χ1n) is 3.96. The van der Waals surface area contributed by atoms with E-state index in [1.165, 1.54) is 11.8 Å². The quantitative estimate of drug-likeness (QED) is 0.538. The van der Waals surface area contributed by atoms with Crippen molar-refractivity contribution in [3.05, 3.63) is 18.5 Å². The highest BCUT2D eigenvalue weighted by Crippen LogP contribution is 2.17. The van der Waals surface area contributed by atoms with Crippen LogP contribution >= 0.6 is 11.8 Å². The highest BCUT2D eigenvalue weighted by molar-refractivity contribution is 7.99. The van der Waals surface area contributed by atoms with Crippen LogP contribution in [0.5, 0.6) is 0 Å². The molecule has 0 radical (unpaired) electrons. The summed E-state index contributed by atoms with van der Waals surface area (Å²) in [6, 6.07) is 1.76. The van der Waals surface area contributed by atoms with E-state index in [4.69, 9.17) is 5.73 Å². The minimum Gasteiger partial charge on any atom is -0.388 e. The normalized spacial score (nSPS) is 15.3. The van der Waals surface area contributed by atoms with Gasteiger partial charge in [0.2, 0.25) is 0 Å². The molecular formula is C8H13N3OS. The zero-order valence-corrected chi connectivity index (χ0v) is 8.29. The molecular weight excluding hydrogens is 186 g/mol. The van der Waals surface area contributed by atoms with Crippen LogP contribution in [0.2, 0.25) is 0 Å². The van der Waals surface area contributed by atoms with Gasteiger partial charge in [-0.05, 0) is 13.0 Å². The number of thioether (sulfide) groups is 1. The van der Waals surface area contributed by atoms with Crippen LogP contribution in [0.3, 0.4) is 0 Å². The molecule has 1 unspecified atom stereocenters. The van der Waals surface area contributed by atoms with Gasteiger partial charge in [-0.3, -0.25) is 0 Å². The van der Waals surface area contributed by atoms with E-state index in [9.17, 15) is 5.11 Å². The van der Waals surface area contributed by atoms with Gasteiger partial charge >= 0.3 is 0 Å². The minimum atomic E-state index is -0.843. The number of hydrogen-bond donors (Lipinski definition) is 2. The molecule has 0 aliphatic rings. The molecule has 1 atom stereocenters. The third-order valence-corrected chi connectivity index (χ3v) is 2.73. The predicted octanol–water partition coefficient (Wildman–Crippen LogP) is 0.278. The van der Waals surface area contributed by atoms with Gasteiger partial charge in [-0.25, -0.2) is 9.97 Å². The molecule has 4 nitrogen and oxygen atoms in total. The fraction of sp³-hybridized carbons (Fsp3) is 0.500. The maximum Gasteiger partial charge on any atom is 0.187 e. The summed E-state index contributed by atoms with van der Waals surface area (Å²) < 4.78 is 0. The summed E-state index contributed by atoms with van der Waals surface area (Å²) in [5.74, 6) is 0.507. The summed E-state index contributed by atoms with van der Waals surface area (Å²) in [7, 11) is 0. The maximum absolute atomic E-state index is 9.58. The van der Waals surface area contributed by atoms with Gasteiger partial charge < -0.3 is 10.8 Å². The van der Waals surface area contributed by atoms with E-state index in [1.807, 2.05) is 0 Å². The number of aliphatic hydroxyl groups is 1. The van der Waals surface area contributed by atoms with Crippen LogP contribution in [-0.4, -0.2) is 33.0 Å². The second-order valence-electron chi connectivity index (χ2n) is 3.02. The SMILES string of the molecule is CC(O)(CN)CSc1ncccn1. The molecule has 0 fully saturated rings. The topological polar surface area (TPSA) is 72.0 Å². The van der Waals surface area contributed by atoms with Crippen molar-refractivity contribution >= 4 is 11.8 Å². The Kier molecular flexibility index (Phi) is 3.65. The number of nitrogens with two attached hydrogens (primary N) is 1.